The number of hydrogen-bond acceptors (Lipinski definition) is 4. The van der Waals surface area contributed by atoms with Crippen LogP contribution in [0.3, 0.4) is 0 Å². The van der Waals surface area contributed by atoms with Gasteiger partial charge in [-0.05, 0) is 37.6 Å². The molecule has 0 aliphatic carbocycles. The summed E-state index contributed by atoms with van der Waals surface area (Å²) in [6.07, 6.45) is 3.04. The average molecular weight is 272 g/mol. The number of hydrazone groups is 1. The molecule has 5 nitrogen and oxygen atoms in total. The minimum absolute atomic E-state index is 0.298. The summed E-state index contributed by atoms with van der Waals surface area (Å²) in [5.41, 5.74) is 3.78. The van der Waals surface area contributed by atoms with Gasteiger partial charge in [-0.1, -0.05) is 12.1 Å². The van der Waals surface area contributed by atoms with E-state index in [9.17, 15) is 4.79 Å². The normalized spacial score (nSPS) is 10.7. The molecule has 2 aromatic rings. The topological polar surface area (TPSA) is 63.8 Å². The van der Waals surface area contributed by atoms with Gasteiger partial charge in [0.05, 0.1) is 24.6 Å². The van der Waals surface area contributed by atoms with Gasteiger partial charge in [-0.25, -0.2) is 5.43 Å². The first kappa shape index (κ1) is 13.9. The molecule has 5 heteroatoms. The number of benzene rings is 1. The third-order valence-electron chi connectivity index (χ3n) is 2.65. The summed E-state index contributed by atoms with van der Waals surface area (Å²) in [5, 5.41) is 3.92. The van der Waals surface area contributed by atoms with Gasteiger partial charge in [0.2, 0.25) is 0 Å². The maximum absolute atomic E-state index is 11.8. The highest BCUT2D eigenvalue weighted by Crippen LogP contribution is 2.12. The van der Waals surface area contributed by atoms with E-state index in [-0.39, 0.29) is 5.91 Å². The van der Waals surface area contributed by atoms with Crippen molar-refractivity contribution in [2.75, 3.05) is 6.61 Å². The van der Waals surface area contributed by atoms with Gasteiger partial charge in [0, 0.05) is 0 Å². The van der Waals surface area contributed by atoms with E-state index >= 15 is 0 Å². The van der Waals surface area contributed by atoms with Crippen molar-refractivity contribution in [2.24, 2.45) is 5.10 Å². The van der Waals surface area contributed by atoms with E-state index < -0.39 is 0 Å². The minimum Gasteiger partial charge on any atom is -0.494 e. The number of hydrogen-bond donors (Lipinski definition) is 1. The number of rotatable bonds is 5. The van der Waals surface area contributed by atoms with Crippen LogP contribution >= 0.6 is 0 Å². The van der Waals surface area contributed by atoms with E-state index in [1.54, 1.807) is 19.2 Å². The van der Waals surface area contributed by atoms with E-state index in [0.717, 1.165) is 11.3 Å². The molecule has 0 saturated heterocycles. The summed E-state index contributed by atoms with van der Waals surface area (Å²) in [6.45, 7) is 4.26. The molecule has 0 aliphatic rings. The van der Waals surface area contributed by atoms with Gasteiger partial charge in [0.15, 0.2) is 0 Å². The summed E-state index contributed by atoms with van der Waals surface area (Å²) < 4.78 is 10.5. The fourth-order valence-electron chi connectivity index (χ4n) is 1.70. The Morgan fingerprint density at radius 1 is 1.45 bits per heavy atom. The van der Waals surface area contributed by atoms with Crippen LogP contribution in [0.25, 0.3) is 0 Å². The fraction of sp³-hybridized carbons (Fsp3) is 0.200. The number of carbonyl (C=O) groups is 1. The van der Waals surface area contributed by atoms with Gasteiger partial charge in [0.1, 0.15) is 11.5 Å². The number of furan rings is 1. The lowest BCUT2D eigenvalue weighted by Gasteiger charge is -2.03. The van der Waals surface area contributed by atoms with Crippen molar-refractivity contribution in [3.8, 4) is 5.75 Å². The van der Waals surface area contributed by atoms with Crippen LogP contribution in [-0.4, -0.2) is 18.7 Å². The number of aryl methyl sites for hydroxylation is 1. The Bertz CT molecular complexity index is 617. The second-order valence-electron chi connectivity index (χ2n) is 4.10. The summed E-state index contributed by atoms with van der Waals surface area (Å²) in [7, 11) is 0. The third-order valence-corrected chi connectivity index (χ3v) is 2.65. The molecular weight excluding hydrogens is 256 g/mol. The van der Waals surface area contributed by atoms with Crippen molar-refractivity contribution < 1.29 is 13.9 Å². The van der Waals surface area contributed by atoms with E-state index in [2.05, 4.69) is 10.5 Å². The Morgan fingerprint density at radius 2 is 2.30 bits per heavy atom. The highest BCUT2D eigenvalue weighted by molar-refractivity contribution is 5.95. The van der Waals surface area contributed by atoms with Gasteiger partial charge < -0.3 is 9.15 Å². The number of nitrogens with zero attached hydrogens (tertiary/aromatic N) is 1. The molecule has 1 amide bonds. The van der Waals surface area contributed by atoms with Crippen molar-refractivity contribution in [3.63, 3.8) is 0 Å². The standard InChI is InChI=1S/C15H16N2O3/c1-3-19-13-6-4-5-12(9-13)10-16-17-15(18)14-7-8-20-11(14)2/h4-10H,3H2,1-2H3,(H,17,18)/b16-10-. The van der Waals surface area contributed by atoms with Crippen LogP contribution in [0.5, 0.6) is 5.75 Å². The summed E-state index contributed by atoms with van der Waals surface area (Å²) >= 11 is 0. The van der Waals surface area contributed by atoms with Crippen molar-refractivity contribution in [1.82, 2.24) is 5.43 Å². The highest BCUT2D eigenvalue weighted by Gasteiger charge is 2.09. The molecular formula is C15H16N2O3. The molecule has 1 N–H and O–H groups in total. The van der Waals surface area contributed by atoms with Gasteiger partial charge >= 0.3 is 0 Å². The number of amides is 1. The first-order chi connectivity index (χ1) is 9.70. The molecule has 0 saturated carbocycles. The predicted octanol–water partition coefficient (Wildman–Crippen LogP) is 2.75. The van der Waals surface area contributed by atoms with E-state index in [4.69, 9.17) is 9.15 Å². The van der Waals surface area contributed by atoms with E-state index in [1.807, 2.05) is 31.2 Å². The molecule has 20 heavy (non-hydrogen) atoms. The minimum atomic E-state index is -0.298. The SMILES string of the molecule is CCOc1cccc(/C=N\NC(=O)c2ccoc2C)c1. The maximum atomic E-state index is 11.8. The molecule has 104 valence electrons. The second-order valence-corrected chi connectivity index (χ2v) is 4.10. The first-order valence-electron chi connectivity index (χ1n) is 6.31. The van der Waals surface area contributed by atoms with Gasteiger partial charge in [-0.15, -0.1) is 0 Å². The molecule has 0 fully saturated rings. The van der Waals surface area contributed by atoms with Crippen molar-refractivity contribution in [2.45, 2.75) is 13.8 Å². The van der Waals surface area contributed by atoms with Crippen LogP contribution in [0.2, 0.25) is 0 Å². The molecule has 2 rings (SSSR count). The second kappa shape index (κ2) is 6.56. The zero-order valence-electron chi connectivity index (χ0n) is 11.4. The van der Waals surface area contributed by atoms with Gasteiger partial charge in [0.25, 0.3) is 5.91 Å². The summed E-state index contributed by atoms with van der Waals surface area (Å²) in [6, 6.07) is 9.07. The lowest BCUT2D eigenvalue weighted by molar-refractivity contribution is 0.0953. The number of carbonyl (C=O) groups excluding carboxylic acids is 1. The van der Waals surface area contributed by atoms with Crippen LogP contribution in [0.4, 0.5) is 0 Å². The number of ether oxygens (including phenoxy) is 1. The molecule has 0 radical (unpaired) electrons. The van der Waals surface area contributed by atoms with E-state index in [0.29, 0.717) is 17.9 Å². The van der Waals surface area contributed by atoms with Crippen LogP contribution in [0, 0.1) is 6.92 Å². The molecule has 0 aliphatic heterocycles. The predicted molar refractivity (Wildman–Crippen MR) is 76.1 cm³/mol. The van der Waals surface area contributed by atoms with Crippen LogP contribution in [0.15, 0.2) is 46.1 Å². The zero-order chi connectivity index (χ0) is 14.4. The molecule has 0 atom stereocenters. The number of nitrogens with one attached hydrogen (secondary N) is 1. The van der Waals surface area contributed by atoms with Crippen molar-refractivity contribution in [3.05, 3.63) is 53.5 Å². The first-order valence-corrected chi connectivity index (χ1v) is 6.31. The summed E-state index contributed by atoms with van der Waals surface area (Å²) in [5.74, 6) is 1.04. The maximum Gasteiger partial charge on any atom is 0.274 e. The Balaban J connectivity index is 1.98. The van der Waals surface area contributed by atoms with Crippen LogP contribution < -0.4 is 10.2 Å². The molecule has 1 heterocycles. The average Bonchev–Trinajstić information content (AvgIpc) is 2.86. The quantitative estimate of drug-likeness (QED) is 0.672. The summed E-state index contributed by atoms with van der Waals surface area (Å²) in [4.78, 5) is 11.8. The van der Waals surface area contributed by atoms with Crippen molar-refractivity contribution in [1.29, 1.82) is 0 Å². The molecule has 0 spiro atoms. The lowest BCUT2D eigenvalue weighted by Crippen LogP contribution is -2.17. The Labute approximate surface area is 117 Å². The zero-order valence-corrected chi connectivity index (χ0v) is 11.4. The van der Waals surface area contributed by atoms with Crippen LogP contribution in [-0.2, 0) is 0 Å². The largest absolute Gasteiger partial charge is 0.494 e. The smallest absolute Gasteiger partial charge is 0.274 e. The molecule has 1 aromatic heterocycles. The van der Waals surface area contributed by atoms with Crippen molar-refractivity contribution >= 4 is 12.1 Å². The van der Waals surface area contributed by atoms with Crippen LogP contribution in [0.1, 0.15) is 28.6 Å². The Morgan fingerprint density at radius 3 is 3.00 bits per heavy atom. The molecule has 0 bridgehead atoms. The fourth-order valence-corrected chi connectivity index (χ4v) is 1.70. The van der Waals surface area contributed by atoms with E-state index in [1.165, 1.54) is 6.26 Å². The Hall–Kier alpha value is -2.56. The monoisotopic (exact) mass is 272 g/mol. The lowest BCUT2D eigenvalue weighted by atomic mass is 10.2. The highest BCUT2D eigenvalue weighted by atomic mass is 16.5. The van der Waals surface area contributed by atoms with Gasteiger partial charge in [-0.2, -0.15) is 5.10 Å². The molecule has 0 unspecified atom stereocenters. The molecule has 1 aromatic carbocycles. The Kier molecular flexibility index (Phi) is 4.55. The van der Waals surface area contributed by atoms with Gasteiger partial charge in [-0.3, -0.25) is 4.79 Å². The third kappa shape index (κ3) is 3.47.